The van der Waals surface area contributed by atoms with Crippen LogP contribution in [0, 0.1) is 0 Å². The van der Waals surface area contributed by atoms with Crippen molar-refractivity contribution in [1.82, 2.24) is 4.98 Å². The Morgan fingerprint density at radius 1 is 0.463 bits per heavy atom. The Balaban J connectivity index is 1.07. The normalized spacial score (nSPS) is 15.2. The number of pyridine rings is 1. The third kappa shape index (κ3) is 7.70. The van der Waals surface area contributed by atoms with Crippen molar-refractivity contribution in [3.05, 3.63) is 217 Å². The van der Waals surface area contributed by atoms with Crippen LogP contribution in [0.15, 0.2) is 206 Å². The molecule has 0 aliphatic carbocycles. The van der Waals surface area contributed by atoms with Crippen molar-refractivity contribution >= 4 is 39.9 Å². The predicted molar refractivity (Wildman–Crippen MR) is 280 cm³/mol. The maximum Gasteiger partial charge on any atom is 0.137 e. The molecular weight excluding hydrogens is 817 g/mol. The summed E-state index contributed by atoms with van der Waals surface area (Å²) in [5, 5.41) is 0. The van der Waals surface area contributed by atoms with Gasteiger partial charge in [-0.15, -0.1) is 0 Å². The fourth-order valence-electron chi connectivity index (χ4n) is 9.22. The van der Waals surface area contributed by atoms with Crippen LogP contribution >= 0.6 is 0 Å². The van der Waals surface area contributed by atoms with E-state index < -0.39 is 60.4 Å². The number of para-hydroxylation sites is 2. The van der Waals surface area contributed by atoms with E-state index in [9.17, 15) is 5.48 Å². The summed E-state index contributed by atoms with van der Waals surface area (Å²) in [6.45, 7) is 13.0. The van der Waals surface area contributed by atoms with Gasteiger partial charge in [0, 0.05) is 46.3 Å². The van der Waals surface area contributed by atoms with E-state index in [1.54, 1.807) is 18.2 Å². The highest BCUT2D eigenvalue weighted by Gasteiger charge is 2.34. The molecule has 3 heterocycles. The summed E-state index contributed by atoms with van der Waals surface area (Å²) >= 11 is 0. The molecule has 2 aliphatic rings. The van der Waals surface area contributed by atoms with Crippen molar-refractivity contribution in [2.24, 2.45) is 0 Å². The van der Waals surface area contributed by atoms with Gasteiger partial charge in [-0.1, -0.05) is 175 Å². The Bertz CT molecular complexity index is 3760. The van der Waals surface area contributed by atoms with Crippen molar-refractivity contribution in [3.8, 4) is 56.0 Å². The molecular formula is C62H54N4O. The Kier molecular flexibility index (Phi) is 7.86. The Morgan fingerprint density at radius 2 is 1.04 bits per heavy atom. The molecule has 67 heavy (non-hydrogen) atoms. The number of fused-ring (bicyclic) bond motifs is 6. The van der Waals surface area contributed by atoms with Crippen LogP contribution in [0.3, 0.4) is 0 Å². The van der Waals surface area contributed by atoms with Gasteiger partial charge in [-0.2, -0.15) is 0 Å². The van der Waals surface area contributed by atoms with Crippen molar-refractivity contribution in [1.29, 1.82) is 0 Å². The summed E-state index contributed by atoms with van der Waals surface area (Å²) in [6, 6.07) is 41.0. The van der Waals surface area contributed by atoms with Crippen LogP contribution in [0.25, 0.3) is 44.5 Å². The molecule has 0 saturated heterocycles. The molecule has 328 valence electrons. The van der Waals surface area contributed by atoms with E-state index in [1.807, 2.05) is 53.6 Å². The molecule has 0 saturated carbocycles. The molecule has 8 aromatic carbocycles. The summed E-state index contributed by atoms with van der Waals surface area (Å²) in [6.07, 6.45) is 1.87. The molecule has 11 rings (SSSR count). The van der Waals surface area contributed by atoms with Crippen LogP contribution in [0.1, 0.15) is 66.4 Å². The van der Waals surface area contributed by atoms with Gasteiger partial charge in [-0.25, -0.2) is 4.98 Å². The first-order valence-electron chi connectivity index (χ1n) is 27.5. The quantitative estimate of drug-likeness (QED) is 0.159. The van der Waals surface area contributed by atoms with Gasteiger partial charge in [-0.3, -0.25) is 4.90 Å². The number of hydrogen-bond acceptors (Lipinski definition) is 5. The van der Waals surface area contributed by atoms with Gasteiger partial charge in [0.15, 0.2) is 0 Å². The number of aromatic nitrogens is 1. The number of hydrogen-bond donors (Lipinski definition) is 0. The molecule has 0 unspecified atom stereocenters. The van der Waals surface area contributed by atoms with Crippen molar-refractivity contribution in [2.45, 2.75) is 52.4 Å². The molecule has 0 amide bonds. The molecule has 0 fully saturated rings. The van der Waals surface area contributed by atoms with Crippen molar-refractivity contribution in [2.75, 3.05) is 21.4 Å². The first-order chi connectivity index (χ1) is 36.6. The largest absolute Gasteiger partial charge is 0.457 e. The standard InChI is InChI=1S/C62H54N4O/c1-61(2,3)44-31-34-56-58(37-44)65(60-49(42-19-9-7-10-20-42)28-18-29-50(60)43-21-11-8-12-22-43)41-64(56)46-23-17-24-47(39-46)67-48-32-33-54-52-26-14-13-25-51(52)53-27-15-16-30-55(53)66(57(54)40-48)59-38-45(35-36-63-59)62(4,5)6/h7-40H,41H2,1-6H3/i7D,8D,9D,10D,11D,12D,19D,20D,21D,22D. The van der Waals surface area contributed by atoms with Gasteiger partial charge >= 0.3 is 0 Å². The van der Waals surface area contributed by atoms with E-state index in [1.165, 1.54) is 0 Å². The number of rotatable bonds is 7. The van der Waals surface area contributed by atoms with E-state index >= 15 is 0 Å². The lowest BCUT2D eigenvalue weighted by Gasteiger charge is -2.28. The zero-order valence-corrected chi connectivity index (χ0v) is 38.3. The first kappa shape index (κ1) is 31.9. The van der Waals surface area contributed by atoms with Crippen molar-refractivity contribution < 1.29 is 18.4 Å². The zero-order chi connectivity index (χ0) is 54.6. The minimum absolute atomic E-state index is 0.0911. The van der Waals surface area contributed by atoms with Gasteiger partial charge in [0.25, 0.3) is 0 Å². The number of ether oxygens (including phenoxy) is 1. The SMILES string of the molecule is [2H]c1c([2H])c([2H])c(-c2cccc(-c3c([2H])c([2H])c([2H])c([2H])c3[2H])c2N2CN(c3cccc(Oc4ccc5c(c4)N(c4cc(C(C)(C)C)ccn4)c4ccccc4-c4ccccc4-5)c3)c3ccc(C(C)(C)C)cc32)c([2H])c1[2H]. The van der Waals surface area contributed by atoms with E-state index in [0.29, 0.717) is 22.9 Å². The molecule has 0 atom stereocenters. The van der Waals surface area contributed by atoms with Gasteiger partial charge in [-0.05, 0) is 98.8 Å². The third-order valence-electron chi connectivity index (χ3n) is 12.6. The first-order valence-corrected chi connectivity index (χ1v) is 22.5. The number of nitrogens with zero attached hydrogens (tertiary/aromatic N) is 4. The Hall–Kier alpha value is -7.89. The second-order valence-corrected chi connectivity index (χ2v) is 19.0. The van der Waals surface area contributed by atoms with E-state index in [2.05, 4.69) is 130 Å². The maximum atomic E-state index is 9.18. The Labute approximate surface area is 409 Å². The van der Waals surface area contributed by atoms with E-state index in [0.717, 1.165) is 61.9 Å². The minimum Gasteiger partial charge on any atom is -0.457 e. The lowest BCUT2D eigenvalue weighted by Crippen LogP contribution is -2.25. The summed E-state index contributed by atoms with van der Waals surface area (Å²) < 4.78 is 95.3. The molecule has 0 N–H and O–H groups in total. The topological polar surface area (TPSA) is 31.8 Å². The van der Waals surface area contributed by atoms with E-state index in [4.69, 9.17) is 17.9 Å². The van der Waals surface area contributed by atoms with Crippen LogP contribution in [-0.2, 0) is 10.8 Å². The molecule has 5 nitrogen and oxygen atoms in total. The van der Waals surface area contributed by atoms with E-state index in [-0.39, 0.29) is 39.8 Å². The fourth-order valence-corrected chi connectivity index (χ4v) is 9.22. The second kappa shape index (κ2) is 16.5. The predicted octanol–water partition coefficient (Wildman–Crippen LogP) is 17.2. The van der Waals surface area contributed by atoms with Gasteiger partial charge in [0.05, 0.1) is 42.1 Å². The summed E-state index contributed by atoms with van der Waals surface area (Å²) in [7, 11) is 0. The molecule has 9 aromatic rings. The maximum absolute atomic E-state index is 9.18. The lowest BCUT2D eigenvalue weighted by molar-refractivity contribution is 0.483. The monoisotopic (exact) mass is 880 g/mol. The molecule has 2 aliphatic heterocycles. The van der Waals surface area contributed by atoms with Crippen LogP contribution in [0.4, 0.5) is 39.9 Å². The number of benzene rings is 8. The Morgan fingerprint density at radius 3 is 1.72 bits per heavy atom. The van der Waals surface area contributed by atoms with Gasteiger partial charge in [0.2, 0.25) is 0 Å². The van der Waals surface area contributed by atoms with Gasteiger partial charge in [0.1, 0.15) is 24.0 Å². The highest BCUT2D eigenvalue weighted by molar-refractivity contribution is 6.03. The molecule has 0 bridgehead atoms. The third-order valence-corrected chi connectivity index (χ3v) is 12.6. The van der Waals surface area contributed by atoms with Crippen LogP contribution in [-0.4, -0.2) is 11.7 Å². The molecule has 5 heteroatoms. The summed E-state index contributed by atoms with van der Waals surface area (Å²) in [5.41, 5.74) is 10.5. The summed E-state index contributed by atoms with van der Waals surface area (Å²) in [4.78, 5) is 11.2. The lowest BCUT2D eigenvalue weighted by atomic mass is 9.86. The van der Waals surface area contributed by atoms with Gasteiger partial charge < -0.3 is 14.5 Å². The van der Waals surface area contributed by atoms with Crippen molar-refractivity contribution in [3.63, 3.8) is 0 Å². The molecule has 1 aromatic heterocycles. The average molecular weight is 881 g/mol. The van der Waals surface area contributed by atoms with Crippen LogP contribution in [0.2, 0.25) is 0 Å². The highest BCUT2D eigenvalue weighted by atomic mass is 16.5. The average Bonchev–Trinajstić information content (AvgIpc) is 3.88. The molecule has 0 spiro atoms. The smallest absolute Gasteiger partial charge is 0.137 e. The molecule has 0 radical (unpaired) electrons. The van der Waals surface area contributed by atoms with Crippen LogP contribution < -0.4 is 19.4 Å². The van der Waals surface area contributed by atoms with Crippen LogP contribution in [0.5, 0.6) is 11.5 Å². The summed E-state index contributed by atoms with van der Waals surface area (Å²) in [5.74, 6) is 1.90. The second-order valence-electron chi connectivity index (χ2n) is 19.0. The fraction of sp³-hybridized carbons (Fsp3) is 0.145. The highest BCUT2D eigenvalue weighted by Crippen LogP contribution is 2.53. The minimum atomic E-state index is -0.552. The number of anilines is 7. The zero-order valence-electron chi connectivity index (χ0n) is 48.3.